The largest absolute Gasteiger partial charge is 0.437 e. The fourth-order valence-corrected chi connectivity index (χ4v) is 4.34. The van der Waals surface area contributed by atoms with Crippen LogP contribution in [-0.4, -0.2) is 9.97 Å². The number of halogens is 1. The number of nitrogens with one attached hydrogen (secondary N) is 1. The average molecular weight is 454 g/mol. The summed E-state index contributed by atoms with van der Waals surface area (Å²) in [5.74, 6) is 1.34. The Kier molecular flexibility index (Phi) is 5.08. The molecule has 0 unspecified atom stereocenters. The molecule has 0 spiro atoms. The second kappa shape index (κ2) is 7.53. The van der Waals surface area contributed by atoms with Gasteiger partial charge in [0.15, 0.2) is 5.13 Å². The van der Waals surface area contributed by atoms with Crippen molar-refractivity contribution in [1.29, 1.82) is 0 Å². The van der Waals surface area contributed by atoms with Crippen LogP contribution in [0.3, 0.4) is 0 Å². The van der Waals surface area contributed by atoms with E-state index in [1.165, 1.54) is 0 Å². The number of fused-ring (bicyclic) bond motifs is 1. The van der Waals surface area contributed by atoms with Crippen molar-refractivity contribution in [3.05, 3.63) is 70.8 Å². The predicted molar refractivity (Wildman–Crippen MR) is 120 cm³/mol. The lowest BCUT2D eigenvalue weighted by molar-refractivity contribution is 0.442. The standard InChI is InChI=1S/C22H20BrN3OS/c1-22(2,3)15-7-4-5-9-18(15)27-20-17(8-6-12-24-20)26-21-25-16-11-10-14(23)13-19(16)28-21/h4-13H,1-3H3,(H,25,26). The smallest absolute Gasteiger partial charge is 0.243 e. The summed E-state index contributed by atoms with van der Waals surface area (Å²) in [5.41, 5.74) is 2.85. The Bertz CT molecular complexity index is 1130. The van der Waals surface area contributed by atoms with Crippen molar-refractivity contribution in [2.24, 2.45) is 0 Å². The van der Waals surface area contributed by atoms with E-state index in [0.29, 0.717) is 5.88 Å². The number of thiazole rings is 1. The number of pyridine rings is 1. The molecule has 6 heteroatoms. The van der Waals surface area contributed by atoms with Crippen LogP contribution in [0.4, 0.5) is 10.8 Å². The van der Waals surface area contributed by atoms with Gasteiger partial charge in [0, 0.05) is 16.2 Å². The molecule has 142 valence electrons. The lowest BCUT2D eigenvalue weighted by atomic mass is 9.86. The van der Waals surface area contributed by atoms with E-state index in [-0.39, 0.29) is 5.41 Å². The van der Waals surface area contributed by atoms with Crippen LogP contribution in [0.15, 0.2) is 65.3 Å². The second-order valence-corrected chi connectivity index (χ2v) is 9.41. The first-order valence-corrected chi connectivity index (χ1v) is 10.6. The van der Waals surface area contributed by atoms with Gasteiger partial charge in [-0.05, 0) is 41.8 Å². The zero-order valence-corrected chi connectivity index (χ0v) is 18.3. The molecule has 4 nitrogen and oxygen atoms in total. The van der Waals surface area contributed by atoms with E-state index in [1.54, 1.807) is 17.5 Å². The van der Waals surface area contributed by atoms with Gasteiger partial charge in [-0.3, -0.25) is 0 Å². The van der Waals surface area contributed by atoms with Crippen LogP contribution < -0.4 is 10.1 Å². The van der Waals surface area contributed by atoms with Crippen molar-refractivity contribution in [2.45, 2.75) is 26.2 Å². The van der Waals surface area contributed by atoms with E-state index >= 15 is 0 Å². The van der Waals surface area contributed by atoms with E-state index < -0.39 is 0 Å². The molecule has 2 aromatic heterocycles. The van der Waals surface area contributed by atoms with Gasteiger partial charge >= 0.3 is 0 Å². The summed E-state index contributed by atoms with van der Waals surface area (Å²) in [4.78, 5) is 9.10. The van der Waals surface area contributed by atoms with Crippen LogP contribution in [0.25, 0.3) is 10.2 Å². The summed E-state index contributed by atoms with van der Waals surface area (Å²) >= 11 is 5.10. The Morgan fingerprint density at radius 3 is 2.68 bits per heavy atom. The van der Waals surface area contributed by atoms with Gasteiger partial charge in [0.1, 0.15) is 11.4 Å². The summed E-state index contributed by atoms with van der Waals surface area (Å²) in [7, 11) is 0. The molecule has 0 aliphatic heterocycles. The molecular formula is C22H20BrN3OS. The minimum atomic E-state index is -0.0284. The first kappa shape index (κ1) is 18.9. The average Bonchev–Trinajstić information content (AvgIpc) is 3.04. The van der Waals surface area contributed by atoms with Crippen molar-refractivity contribution < 1.29 is 4.74 Å². The molecule has 0 aliphatic carbocycles. The maximum atomic E-state index is 6.23. The van der Waals surface area contributed by atoms with Crippen LogP contribution in [0.5, 0.6) is 11.6 Å². The van der Waals surface area contributed by atoms with Crippen LogP contribution in [0.2, 0.25) is 0 Å². The van der Waals surface area contributed by atoms with Crippen molar-refractivity contribution in [1.82, 2.24) is 9.97 Å². The molecule has 0 amide bonds. The molecule has 4 rings (SSSR count). The van der Waals surface area contributed by atoms with E-state index in [1.807, 2.05) is 42.5 Å². The SMILES string of the molecule is CC(C)(C)c1ccccc1Oc1ncccc1Nc1nc2ccc(Br)cc2s1. The number of rotatable bonds is 4. The first-order valence-electron chi connectivity index (χ1n) is 8.96. The maximum Gasteiger partial charge on any atom is 0.243 e. The van der Waals surface area contributed by atoms with Gasteiger partial charge in [-0.15, -0.1) is 0 Å². The Hall–Kier alpha value is -2.44. The highest BCUT2D eigenvalue weighted by Crippen LogP contribution is 2.37. The molecule has 0 saturated carbocycles. The van der Waals surface area contributed by atoms with Crippen LogP contribution >= 0.6 is 27.3 Å². The number of nitrogens with zero attached hydrogens (tertiary/aromatic N) is 2. The highest BCUT2D eigenvalue weighted by atomic mass is 79.9. The molecule has 28 heavy (non-hydrogen) atoms. The predicted octanol–water partition coefficient (Wildman–Crippen LogP) is 7.29. The molecule has 0 bridgehead atoms. The Labute approximate surface area is 176 Å². The van der Waals surface area contributed by atoms with Gasteiger partial charge in [0.05, 0.1) is 10.2 Å². The third-order valence-electron chi connectivity index (χ3n) is 4.26. The fraction of sp³-hybridized carbons (Fsp3) is 0.182. The van der Waals surface area contributed by atoms with Crippen molar-refractivity contribution in [3.63, 3.8) is 0 Å². The fourth-order valence-electron chi connectivity index (χ4n) is 2.91. The Balaban J connectivity index is 1.66. The number of hydrogen-bond acceptors (Lipinski definition) is 5. The number of ether oxygens (including phenoxy) is 1. The minimum absolute atomic E-state index is 0.0284. The molecule has 2 heterocycles. The van der Waals surface area contributed by atoms with Crippen molar-refractivity contribution >= 4 is 48.3 Å². The highest BCUT2D eigenvalue weighted by molar-refractivity contribution is 9.10. The van der Waals surface area contributed by atoms with Crippen LogP contribution in [-0.2, 0) is 5.41 Å². The van der Waals surface area contributed by atoms with E-state index in [4.69, 9.17) is 4.74 Å². The normalized spacial score (nSPS) is 11.6. The minimum Gasteiger partial charge on any atom is -0.437 e. The summed E-state index contributed by atoms with van der Waals surface area (Å²) in [6.07, 6.45) is 1.73. The van der Waals surface area contributed by atoms with Gasteiger partial charge in [0.2, 0.25) is 5.88 Å². The van der Waals surface area contributed by atoms with Gasteiger partial charge in [-0.2, -0.15) is 0 Å². The first-order chi connectivity index (χ1) is 13.4. The lowest BCUT2D eigenvalue weighted by Crippen LogP contribution is -2.12. The van der Waals surface area contributed by atoms with Gasteiger partial charge < -0.3 is 10.1 Å². The Morgan fingerprint density at radius 2 is 1.86 bits per heavy atom. The molecule has 0 aliphatic rings. The molecular weight excluding hydrogens is 434 g/mol. The van der Waals surface area contributed by atoms with Crippen molar-refractivity contribution in [3.8, 4) is 11.6 Å². The monoisotopic (exact) mass is 453 g/mol. The summed E-state index contributed by atoms with van der Waals surface area (Å²) in [5, 5.41) is 4.17. The quantitative estimate of drug-likeness (QED) is 0.352. The zero-order chi connectivity index (χ0) is 19.7. The maximum absolute atomic E-state index is 6.23. The summed E-state index contributed by atoms with van der Waals surface area (Å²) in [6.45, 7) is 6.52. The van der Waals surface area contributed by atoms with Crippen molar-refractivity contribution in [2.75, 3.05) is 5.32 Å². The summed E-state index contributed by atoms with van der Waals surface area (Å²) in [6, 6.07) is 18.0. The van der Waals surface area contributed by atoms with E-state index in [0.717, 1.165) is 36.8 Å². The molecule has 0 fully saturated rings. The number of para-hydroxylation sites is 1. The van der Waals surface area contributed by atoms with E-state index in [9.17, 15) is 0 Å². The molecule has 4 aromatic rings. The van der Waals surface area contributed by atoms with Gasteiger partial charge in [0.25, 0.3) is 0 Å². The van der Waals surface area contributed by atoms with E-state index in [2.05, 4.69) is 64.1 Å². The molecule has 0 radical (unpaired) electrons. The molecule has 2 aromatic carbocycles. The summed E-state index contributed by atoms with van der Waals surface area (Å²) < 4.78 is 8.38. The molecule has 0 atom stereocenters. The molecule has 0 saturated heterocycles. The highest BCUT2D eigenvalue weighted by Gasteiger charge is 2.20. The second-order valence-electron chi connectivity index (χ2n) is 7.46. The third-order valence-corrected chi connectivity index (χ3v) is 5.69. The number of benzene rings is 2. The number of aromatic nitrogens is 2. The van der Waals surface area contributed by atoms with Gasteiger partial charge in [-0.25, -0.2) is 9.97 Å². The molecule has 1 N–H and O–H groups in total. The lowest BCUT2D eigenvalue weighted by Gasteiger charge is -2.22. The topological polar surface area (TPSA) is 47.0 Å². The van der Waals surface area contributed by atoms with Crippen LogP contribution in [0, 0.1) is 0 Å². The van der Waals surface area contributed by atoms with Gasteiger partial charge in [-0.1, -0.05) is 66.2 Å². The third kappa shape index (κ3) is 4.03. The number of anilines is 2. The zero-order valence-electron chi connectivity index (χ0n) is 15.9. The Morgan fingerprint density at radius 1 is 1.04 bits per heavy atom. The number of hydrogen-bond donors (Lipinski definition) is 1. The van der Waals surface area contributed by atoms with Crippen LogP contribution in [0.1, 0.15) is 26.3 Å².